The molecule has 19 heavy (non-hydrogen) atoms. The molecule has 2 atom stereocenters. The Morgan fingerprint density at radius 3 is 2.68 bits per heavy atom. The Hall–Kier alpha value is -0.510. The molecule has 0 radical (unpaired) electrons. The average Bonchev–Trinajstić information content (AvgIpc) is 2.72. The van der Waals surface area contributed by atoms with Gasteiger partial charge in [0.15, 0.2) is 0 Å². The maximum absolute atomic E-state index is 4.61. The summed E-state index contributed by atoms with van der Waals surface area (Å²) in [6.45, 7) is 4.57. The molecule has 1 saturated heterocycles. The van der Waals surface area contributed by atoms with Crippen LogP contribution >= 0.6 is 15.9 Å². The molecule has 2 heterocycles. The first kappa shape index (κ1) is 13.5. The van der Waals surface area contributed by atoms with E-state index in [4.69, 9.17) is 0 Å². The molecule has 0 aromatic carbocycles. The van der Waals surface area contributed by atoms with Gasteiger partial charge in [-0.05, 0) is 31.6 Å². The lowest BCUT2D eigenvalue weighted by Crippen LogP contribution is -2.42. The molecule has 4 heteroatoms. The van der Waals surface area contributed by atoms with Gasteiger partial charge in [0, 0.05) is 31.0 Å². The monoisotopic (exact) mass is 325 g/mol. The normalized spacial score (nSPS) is 27.4. The van der Waals surface area contributed by atoms with Gasteiger partial charge in [-0.15, -0.1) is 0 Å². The third-order valence-corrected chi connectivity index (χ3v) is 5.60. The lowest BCUT2D eigenvalue weighted by molar-refractivity contribution is 0.201. The molecule has 1 aromatic rings. The highest BCUT2D eigenvalue weighted by molar-refractivity contribution is 9.08. The molecule has 1 aromatic heterocycles. The van der Waals surface area contributed by atoms with Gasteiger partial charge in [0.25, 0.3) is 0 Å². The Balaban J connectivity index is 1.83. The van der Waals surface area contributed by atoms with Crippen LogP contribution in [0.1, 0.15) is 43.4 Å². The Bertz CT molecular complexity index is 454. The second kappa shape index (κ2) is 5.47. The maximum Gasteiger partial charge on any atom is 0.130 e. The number of rotatable bonds is 2. The van der Waals surface area contributed by atoms with Crippen molar-refractivity contribution in [2.45, 2.75) is 44.4 Å². The van der Waals surface area contributed by atoms with Crippen LogP contribution in [0.5, 0.6) is 0 Å². The van der Waals surface area contributed by atoms with E-state index in [0.717, 1.165) is 17.2 Å². The zero-order chi connectivity index (χ0) is 13.4. The van der Waals surface area contributed by atoms with Crippen LogP contribution in [0, 0.1) is 18.8 Å². The van der Waals surface area contributed by atoms with E-state index in [0.29, 0.717) is 0 Å². The zero-order valence-electron chi connectivity index (χ0n) is 12.0. The number of anilines is 1. The predicted octanol–water partition coefficient (Wildman–Crippen LogP) is 3.64. The Labute approximate surface area is 124 Å². The van der Waals surface area contributed by atoms with Gasteiger partial charge in [-0.3, -0.25) is 4.68 Å². The molecule has 0 amide bonds. The van der Waals surface area contributed by atoms with Crippen LogP contribution in [0.15, 0.2) is 0 Å². The fourth-order valence-electron chi connectivity index (χ4n) is 4.04. The number of nitrogens with zero attached hydrogens (tertiary/aromatic N) is 3. The number of aromatic nitrogens is 2. The molecule has 1 saturated carbocycles. The molecule has 106 valence electrons. The number of piperidine rings is 1. The number of hydrogen-bond donors (Lipinski definition) is 0. The van der Waals surface area contributed by atoms with Gasteiger partial charge in [-0.2, -0.15) is 5.10 Å². The summed E-state index contributed by atoms with van der Waals surface area (Å²) in [5.74, 6) is 3.26. The van der Waals surface area contributed by atoms with E-state index in [-0.39, 0.29) is 0 Å². The molecule has 0 spiro atoms. The van der Waals surface area contributed by atoms with Crippen LogP contribution < -0.4 is 4.90 Å². The van der Waals surface area contributed by atoms with Gasteiger partial charge >= 0.3 is 0 Å². The number of halogens is 1. The van der Waals surface area contributed by atoms with Gasteiger partial charge in [0.05, 0.1) is 5.69 Å². The molecule has 0 bridgehead atoms. The standard InChI is InChI=1S/C15H24BrN3/c1-11-14(9-16)15(18(2)17-11)19-8-7-12-5-3-4-6-13(12)10-19/h12-13H,3-10H2,1-2H3. The van der Waals surface area contributed by atoms with Crippen LogP contribution in [0.3, 0.4) is 0 Å². The van der Waals surface area contributed by atoms with Gasteiger partial charge in [0.1, 0.15) is 5.82 Å². The van der Waals surface area contributed by atoms with E-state index in [2.05, 4.69) is 44.6 Å². The lowest BCUT2D eigenvalue weighted by atomic mass is 9.75. The van der Waals surface area contributed by atoms with Gasteiger partial charge in [-0.1, -0.05) is 35.2 Å². The fourth-order valence-corrected chi connectivity index (χ4v) is 4.69. The van der Waals surface area contributed by atoms with E-state index < -0.39 is 0 Å². The number of fused-ring (bicyclic) bond motifs is 1. The Morgan fingerprint density at radius 1 is 1.21 bits per heavy atom. The van der Waals surface area contributed by atoms with Crippen molar-refractivity contribution >= 4 is 21.7 Å². The third kappa shape index (κ3) is 2.44. The van der Waals surface area contributed by atoms with Crippen molar-refractivity contribution in [2.75, 3.05) is 18.0 Å². The van der Waals surface area contributed by atoms with Crippen molar-refractivity contribution in [2.24, 2.45) is 18.9 Å². The maximum atomic E-state index is 4.61. The summed E-state index contributed by atoms with van der Waals surface area (Å²) >= 11 is 3.63. The van der Waals surface area contributed by atoms with E-state index in [1.54, 1.807) is 0 Å². The summed E-state index contributed by atoms with van der Waals surface area (Å²) in [4.78, 5) is 2.59. The Kier molecular flexibility index (Phi) is 3.88. The molecular formula is C15H24BrN3. The van der Waals surface area contributed by atoms with Crippen LogP contribution in [0.4, 0.5) is 5.82 Å². The number of alkyl halides is 1. The van der Waals surface area contributed by atoms with Gasteiger partial charge in [0.2, 0.25) is 0 Å². The molecule has 0 N–H and O–H groups in total. The van der Waals surface area contributed by atoms with Crippen molar-refractivity contribution < 1.29 is 0 Å². The molecule has 3 nitrogen and oxygen atoms in total. The molecule has 1 aliphatic carbocycles. The van der Waals surface area contributed by atoms with Gasteiger partial charge < -0.3 is 4.90 Å². The van der Waals surface area contributed by atoms with Crippen molar-refractivity contribution in [3.8, 4) is 0 Å². The number of hydrogen-bond acceptors (Lipinski definition) is 2. The van der Waals surface area contributed by atoms with Crippen molar-refractivity contribution in [3.05, 3.63) is 11.3 Å². The van der Waals surface area contributed by atoms with E-state index >= 15 is 0 Å². The van der Waals surface area contributed by atoms with Crippen LogP contribution in [0.2, 0.25) is 0 Å². The second-order valence-corrected chi connectivity index (χ2v) is 6.74. The summed E-state index contributed by atoms with van der Waals surface area (Å²) in [6.07, 6.45) is 7.16. The van der Waals surface area contributed by atoms with Crippen molar-refractivity contribution in [1.82, 2.24) is 9.78 Å². The number of aryl methyl sites for hydroxylation is 2. The van der Waals surface area contributed by atoms with Crippen molar-refractivity contribution in [1.29, 1.82) is 0 Å². The van der Waals surface area contributed by atoms with Gasteiger partial charge in [-0.25, -0.2) is 0 Å². The Morgan fingerprint density at radius 2 is 1.95 bits per heavy atom. The summed E-state index contributed by atoms with van der Waals surface area (Å²) in [5, 5.41) is 5.52. The minimum atomic E-state index is 0.909. The molecule has 3 rings (SSSR count). The second-order valence-electron chi connectivity index (χ2n) is 6.18. The minimum Gasteiger partial charge on any atom is -0.356 e. The van der Waals surface area contributed by atoms with E-state index in [1.165, 1.54) is 62.3 Å². The molecule has 2 unspecified atom stereocenters. The SMILES string of the molecule is Cc1nn(C)c(N2CCC3CCCCC3C2)c1CBr. The fraction of sp³-hybridized carbons (Fsp3) is 0.800. The van der Waals surface area contributed by atoms with Crippen LogP contribution in [0.25, 0.3) is 0 Å². The molecule has 1 aliphatic heterocycles. The van der Waals surface area contributed by atoms with E-state index in [9.17, 15) is 0 Å². The summed E-state index contributed by atoms with van der Waals surface area (Å²) in [6, 6.07) is 0. The predicted molar refractivity (Wildman–Crippen MR) is 82.9 cm³/mol. The van der Waals surface area contributed by atoms with Crippen molar-refractivity contribution in [3.63, 3.8) is 0 Å². The zero-order valence-corrected chi connectivity index (χ0v) is 13.6. The smallest absolute Gasteiger partial charge is 0.130 e. The first-order chi connectivity index (χ1) is 9.20. The topological polar surface area (TPSA) is 21.1 Å². The largest absolute Gasteiger partial charge is 0.356 e. The minimum absolute atomic E-state index is 0.909. The quantitative estimate of drug-likeness (QED) is 0.774. The highest BCUT2D eigenvalue weighted by atomic mass is 79.9. The summed E-state index contributed by atoms with van der Waals surface area (Å²) < 4.78 is 2.08. The first-order valence-corrected chi connectivity index (χ1v) is 8.66. The van der Waals surface area contributed by atoms with E-state index in [1.807, 2.05) is 0 Å². The molecule has 2 fully saturated rings. The lowest BCUT2D eigenvalue weighted by Gasteiger charge is -2.42. The molecular weight excluding hydrogens is 302 g/mol. The first-order valence-electron chi connectivity index (χ1n) is 7.54. The average molecular weight is 326 g/mol. The highest BCUT2D eigenvalue weighted by Crippen LogP contribution is 2.38. The highest BCUT2D eigenvalue weighted by Gasteiger charge is 2.33. The van der Waals surface area contributed by atoms with Crippen LogP contribution in [-0.2, 0) is 12.4 Å². The molecule has 2 aliphatic rings. The third-order valence-electron chi connectivity index (χ3n) is 5.04. The summed E-state index contributed by atoms with van der Waals surface area (Å²) in [7, 11) is 2.08. The summed E-state index contributed by atoms with van der Waals surface area (Å²) in [5.41, 5.74) is 2.54. The van der Waals surface area contributed by atoms with Crippen LogP contribution in [-0.4, -0.2) is 22.9 Å².